The summed E-state index contributed by atoms with van der Waals surface area (Å²) in [5.74, 6) is 0.212. The Hall–Kier alpha value is -1.22. The molecule has 0 saturated carbocycles. The van der Waals surface area contributed by atoms with Crippen molar-refractivity contribution in [1.82, 2.24) is 0 Å². The largest absolute Gasteiger partial charge is 0.508 e. The van der Waals surface area contributed by atoms with Gasteiger partial charge in [-0.15, -0.1) is 0 Å². The molecule has 0 heterocycles. The molecular formula is C9H13NO2. The van der Waals surface area contributed by atoms with Crippen molar-refractivity contribution >= 4 is 0 Å². The Kier molecular flexibility index (Phi) is 2.55. The van der Waals surface area contributed by atoms with Gasteiger partial charge in [-0.2, -0.15) is 0 Å². The van der Waals surface area contributed by atoms with Gasteiger partial charge < -0.3 is 15.9 Å². The Bertz CT molecular complexity index is 261. The molecule has 0 spiro atoms. The second-order valence-corrected chi connectivity index (χ2v) is 2.80. The van der Waals surface area contributed by atoms with Gasteiger partial charge in [-0.25, -0.2) is 0 Å². The zero-order chi connectivity index (χ0) is 9.14. The van der Waals surface area contributed by atoms with Gasteiger partial charge in [0.25, 0.3) is 0 Å². The lowest BCUT2D eigenvalue weighted by atomic mass is 10.0. The van der Waals surface area contributed by atoms with Gasteiger partial charge in [-0.05, 0) is 37.1 Å². The zero-order valence-electron chi connectivity index (χ0n) is 7.04. The molecule has 1 aromatic carbocycles. The Morgan fingerprint density at radius 1 is 1.33 bits per heavy atom. The van der Waals surface area contributed by atoms with Crippen molar-refractivity contribution in [2.45, 2.75) is 13.3 Å². The molecule has 1 rings (SSSR count). The maximum atomic E-state index is 9.39. The van der Waals surface area contributed by atoms with Gasteiger partial charge in [0.15, 0.2) is 0 Å². The lowest BCUT2D eigenvalue weighted by Crippen LogP contribution is -2.04. The van der Waals surface area contributed by atoms with Crippen LogP contribution in [0.15, 0.2) is 12.1 Å². The van der Waals surface area contributed by atoms with E-state index in [9.17, 15) is 5.11 Å². The van der Waals surface area contributed by atoms with Crippen LogP contribution < -0.4 is 5.73 Å². The minimum Gasteiger partial charge on any atom is -0.508 e. The maximum Gasteiger partial charge on any atom is 0.122 e. The topological polar surface area (TPSA) is 66.5 Å². The highest BCUT2D eigenvalue weighted by Crippen LogP contribution is 2.26. The molecule has 3 nitrogen and oxygen atoms in total. The van der Waals surface area contributed by atoms with Gasteiger partial charge in [-0.3, -0.25) is 0 Å². The van der Waals surface area contributed by atoms with Crippen LogP contribution in [-0.2, 0) is 6.42 Å². The van der Waals surface area contributed by atoms with Gasteiger partial charge in [0.2, 0.25) is 0 Å². The number of aryl methyl sites for hydroxylation is 1. The zero-order valence-corrected chi connectivity index (χ0v) is 7.04. The van der Waals surface area contributed by atoms with Crippen LogP contribution in [0.1, 0.15) is 11.1 Å². The molecular weight excluding hydrogens is 154 g/mol. The molecule has 0 unspecified atom stereocenters. The molecule has 0 aliphatic carbocycles. The number of phenolic OH excluding ortho intramolecular Hbond substituents is 2. The molecule has 0 fully saturated rings. The van der Waals surface area contributed by atoms with Gasteiger partial charge in [0, 0.05) is 6.07 Å². The Balaban J connectivity index is 3.10. The molecule has 0 aliphatic heterocycles. The summed E-state index contributed by atoms with van der Waals surface area (Å²) in [5, 5.41) is 18.5. The van der Waals surface area contributed by atoms with E-state index in [0.717, 1.165) is 11.1 Å². The fourth-order valence-corrected chi connectivity index (χ4v) is 1.25. The molecule has 0 saturated heterocycles. The van der Waals surface area contributed by atoms with E-state index in [1.54, 1.807) is 6.07 Å². The van der Waals surface area contributed by atoms with E-state index in [0.29, 0.717) is 13.0 Å². The molecule has 66 valence electrons. The van der Waals surface area contributed by atoms with Crippen molar-refractivity contribution in [3.05, 3.63) is 23.3 Å². The highest BCUT2D eigenvalue weighted by molar-refractivity contribution is 5.44. The van der Waals surface area contributed by atoms with E-state index in [1.165, 1.54) is 6.07 Å². The van der Waals surface area contributed by atoms with E-state index in [4.69, 9.17) is 10.8 Å². The summed E-state index contributed by atoms with van der Waals surface area (Å²) in [5.41, 5.74) is 7.05. The lowest BCUT2D eigenvalue weighted by Gasteiger charge is -2.07. The normalized spacial score (nSPS) is 10.2. The Morgan fingerprint density at radius 3 is 2.50 bits per heavy atom. The average molecular weight is 167 g/mol. The number of hydrogen-bond donors (Lipinski definition) is 3. The van der Waals surface area contributed by atoms with Crippen LogP contribution >= 0.6 is 0 Å². The van der Waals surface area contributed by atoms with Crippen LogP contribution in [0.5, 0.6) is 11.5 Å². The predicted molar refractivity (Wildman–Crippen MR) is 47.3 cm³/mol. The lowest BCUT2D eigenvalue weighted by molar-refractivity contribution is 0.445. The highest BCUT2D eigenvalue weighted by atomic mass is 16.3. The molecule has 4 N–H and O–H groups in total. The summed E-state index contributed by atoms with van der Waals surface area (Å²) in [6.45, 7) is 2.34. The van der Waals surface area contributed by atoms with Gasteiger partial charge in [0.1, 0.15) is 11.5 Å². The molecule has 0 amide bonds. The smallest absolute Gasteiger partial charge is 0.122 e. The van der Waals surface area contributed by atoms with E-state index in [2.05, 4.69) is 0 Å². The molecule has 1 aromatic rings. The van der Waals surface area contributed by atoms with E-state index in [1.807, 2.05) is 6.92 Å². The number of benzene rings is 1. The Labute approximate surface area is 71.5 Å². The van der Waals surface area contributed by atoms with E-state index in [-0.39, 0.29) is 11.5 Å². The van der Waals surface area contributed by atoms with Gasteiger partial charge in [-0.1, -0.05) is 0 Å². The van der Waals surface area contributed by atoms with Crippen molar-refractivity contribution in [3.63, 3.8) is 0 Å². The molecule has 12 heavy (non-hydrogen) atoms. The summed E-state index contributed by atoms with van der Waals surface area (Å²) < 4.78 is 0. The van der Waals surface area contributed by atoms with Crippen LogP contribution in [0, 0.1) is 6.92 Å². The third-order valence-electron chi connectivity index (χ3n) is 1.83. The summed E-state index contributed by atoms with van der Waals surface area (Å²) in [6.07, 6.45) is 0.637. The number of nitrogens with two attached hydrogens (primary N) is 1. The summed E-state index contributed by atoms with van der Waals surface area (Å²) in [4.78, 5) is 0. The second kappa shape index (κ2) is 3.45. The number of aromatic hydroxyl groups is 2. The third kappa shape index (κ3) is 1.68. The fraction of sp³-hybridized carbons (Fsp3) is 0.333. The van der Waals surface area contributed by atoms with E-state index >= 15 is 0 Å². The predicted octanol–water partition coefficient (Wildman–Crippen LogP) is 0.907. The van der Waals surface area contributed by atoms with Crippen LogP contribution in [0.25, 0.3) is 0 Å². The first-order valence-corrected chi connectivity index (χ1v) is 3.86. The number of hydrogen-bond acceptors (Lipinski definition) is 3. The monoisotopic (exact) mass is 167 g/mol. The minimum absolute atomic E-state index is 0.0887. The fourth-order valence-electron chi connectivity index (χ4n) is 1.25. The first-order chi connectivity index (χ1) is 5.65. The summed E-state index contributed by atoms with van der Waals surface area (Å²) in [6, 6.07) is 2.95. The van der Waals surface area contributed by atoms with Crippen molar-refractivity contribution in [3.8, 4) is 11.5 Å². The minimum atomic E-state index is 0.0887. The second-order valence-electron chi connectivity index (χ2n) is 2.80. The highest BCUT2D eigenvalue weighted by Gasteiger charge is 2.05. The molecule has 0 radical (unpaired) electrons. The summed E-state index contributed by atoms with van der Waals surface area (Å²) >= 11 is 0. The van der Waals surface area contributed by atoms with Crippen LogP contribution in [-0.4, -0.2) is 16.8 Å². The van der Waals surface area contributed by atoms with E-state index < -0.39 is 0 Å². The molecule has 3 heteroatoms. The Morgan fingerprint density at radius 2 is 2.00 bits per heavy atom. The molecule has 0 bridgehead atoms. The maximum absolute atomic E-state index is 9.39. The number of rotatable bonds is 2. The van der Waals surface area contributed by atoms with Crippen molar-refractivity contribution in [1.29, 1.82) is 0 Å². The van der Waals surface area contributed by atoms with Gasteiger partial charge >= 0.3 is 0 Å². The van der Waals surface area contributed by atoms with Crippen molar-refractivity contribution in [2.75, 3.05) is 6.54 Å². The quantitative estimate of drug-likeness (QED) is 0.613. The molecule has 0 atom stereocenters. The first kappa shape index (κ1) is 8.87. The van der Waals surface area contributed by atoms with Crippen molar-refractivity contribution in [2.24, 2.45) is 5.73 Å². The standard InChI is InChI=1S/C9H13NO2/c1-6-4-7(11)5-9(12)8(6)2-3-10/h4-5,11-12H,2-3,10H2,1H3. The molecule has 0 aromatic heterocycles. The van der Waals surface area contributed by atoms with Gasteiger partial charge in [0.05, 0.1) is 0 Å². The summed E-state index contributed by atoms with van der Waals surface area (Å²) in [7, 11) is 0. The molecule has 0 aliphatic rings. The van der Waals surface area contributed by atoms with Crippen LogP contribution in [0.3, 0.4) is 0 Å². The average Bonchev–Trinajstić information content (AvgIpc) is 1.96. The number of phenols is 2. The third-order valence-corrected chi connectivity index (χ3v) is 1.83. The first-order valence-electron chi connectivity index (χ1n) is 3.86. The van der Waals surface area contributed by atoms with Crippen LogP contribution in [0.2, 0.25) is 0 Å². The van der Waals surface area contributed by atoms with Crippen molar-refractivity contribution < 1.29 is 10.2 Å². The van der Waals surface area contributed by atoms with Crippen LogP contribution in [0.4, 0.5) is 0 Å². The SMILES string of the molecule is Cc1cc(O)cc(O)c1CCN.